The summed E-state index contributed by atoms with van der Waals surface area (Å²) in [6.45, 7) is 0.758. The van der Waals surface area contributed by atoms with Crippen LogP contribution in [0.4, 0.5) is 5.82 Å². The van der Waals surface area contributed by atoms with Crippen molar-refractivity contribution in [3.05, 3.63) is 23.1 Å². The number of nitrogen functional groups attached to an aromatic ring is 1. The zero-order chi connectivity index (χ0) is 9.68. The van der Waals surface area contributed by atoms with Crippen molar-refractivity contribution in [2.24, 2.45) is 0 Å². The van der Waals surface area contributed by atoms with Gasteiger partial charge in [0.1, 0.15) is 16.7 Å². The van der Waals surface area contributed by atoms with Gasteiger partial charge in [-0.1, -0.05) is 17.7 Å². The van der Waals surface area contributed by atoms with Gasteiger partial charge in [-0.2, -0.15) is 0 Å². The van der Waals surface area contributed by atoms with Gasteiger partial charge in [0, 0.05) is 6.54 Å². The summed E-state index contributed by atoms with van der Waals surface area (Å²) in [5.74, 6) is 0.386. The van der Waals surface area contributed by atoms with Crippen LogP contribution in [-0.2, 0) is 0 Å². The lowest BCUT2D eigenvalue weighted by atomic mass is 10.3. The number of halogens is 1. The fourth-order valence-corrected chi connectivity index (χ4v) is 0.941. The van der Waals surface area contributed by atoms with Crippen LogP contribution in [-0.4, -0.2) is 23.6 Å². The molecular formula is C8H11ClN4. The molecule has 0 radical (unpaired) electrons. The molecule has 1 aromatic rings. The molecule has 4 nitrogen and oxygen atoms in total. The predicted octanol–water partition coefficient (Wildman–Crippen LogP) is 0.945. The molecular weight excluding hydrogens is 188 g/mol. The van der Waals surface area contributed by atoms with Crippen LogP contribution in [0.15, 0.2) is 12.3 Å². The third-order valence-corrected chi connectivity index (χ3v) is 1.58. The minimum Gasteiger partial charge on any atom is -0.382 e. The molecule has 0 aliphatic heterocycles. The Balaban J connectivity index is 2.81. The van der Waals surface area contributed by atoms with E-state index in [1.165, 1.54) is 6.20 Å². The molecule has 3 N–H and O–H groups in total. The predicted molar refractivity (Wildman–Crippen MR) is 54.4 cm³/mol. The Kier molecular flexibility index (Phi) is 3.67. The van der Waals surface area contributed by atoms with E-state index in [1.54, 1.807) is 6.08 Å². The van der Waals surface area contributed by atoms with Gasteiger partial charge in [-0.25, -0.2) is 9.97 Å². The maximum Gasteiger partial charge on any atom is 0.149 e. The molecule has 0 spiro atoms. The number of anilines is 1. The van der Waals surface area contributed by atoms with Gasteiger partial charge in [0.15, 0.2) is 0 Å². The molecule has 0 aromatic carbocycles. The molecule has 0 atom stereocenters. The molecule has 0 aliphatic rings. The summed E-state index contributed by atoms with van der Waals surface area (Å²) in [6, 6.07) is 0. The van der Waals surface area contributed by atoms with Gasteiger partial charge >= 0.3 is 0 Å². The molecule has 0 unspecified atom stereocenters. The Labute approximate surface area is 81.8 Å². The number of nitrogens with two attached hydrogens (primary N) is 1. The number of aromatic nitrogens is 2. The molecule has 70 valence electrons. The molecule has 0 amide bonds. The third kappa shape index (κ3) is 3.01. The Hall–Kier alpha value is -1.13. The van der Waals surface area contributed by atoms with Crippen LogP contribution in [0.2, 0.25) is 5.15 Å². The van der Waals surface area contributed by atoms with Gasteiger partial charge in [-0.3, -0.25) is 0 Å². The summed E-state index contributed by atoms with van der Waals surface area (Å²) in [6.07, 6.45) is 5.10. The van der Waals surface area contributed by atoms with Crippen LogP contribution in [0, 0.1) is 0 Å². The second-order valence-corrected chi connectivity index (χ2v) is 2.81. The molecule has 1 rings (SSSR count). The fourth-order valence-electron chi connectivity index (χ4n) is 0.801. The van der Waals surface area contributed by atoms with E-state index in [4.69, 9.17) is 17.3 Å². The van der Waals surface area contributed by atoms with Crippen molar-refractivity contribution < 1.29 is 0 Å². The molecule has 1 heterocycles. The summed E-state index contributed by atoms with van der Waals surface area (Å²) in [5.41, 5.74) is 6.17. The first-order valence-electron chi connectivity index (χ1n) is 3.83. The second kappa shape index (κ2) is 4.79. The van der Waals surface area contributed by atoms with E-state index >= 15 is 0 Å². The van der Waals surface area contributed by atoms with Crippen LogP contribution in [0.25, 0.3) is 6.08 Å². The van der Waals surface area contributed by atoms with Crippen molar-refractivity contribution in [2.45, 2.75) is 0 Å². The van der Waals surface area contributed by atoms with E-state index in [9.17, 15) is 0 Å². The molecule has 13 heavy (non-hydrogen) atoms. The van der Waals surface area contributed by atoms with Gasteiger partial charge in [-0.15, -0.1) is 0 Å². The van der Waals surface area contributed by atoms with Crippen LogP contribution < -0.4 is 11.1 Å². The lowest BCUT2D eigenvalue weighted by Crippen LogP contribution is -2.04. The number of hydrogen-bond acceptors (Lipinski definition) is 4. The largest absolute Gasteiger partial charge is 0.382 e. The smallest absolute Gasteiger partial charge is 0.149 e. The third-order valence-electron chi connectivity index (χ3n) is 1.40. The van der Waals surface area contributed by atoms with Crippen LogP contribution in [0.3, 0.4) is 0 Å². The molecule has 0 bridgehead atoms. The number of likely N-dealkylation sites (N-methyl/N-ethyl adjacent to an activating group) is 1. The minimum atomic E-state index is 0.346. The minimum absolute atomic E-state index is 0.346. The normalized spacial score (nSPS) is 10.9. The van der Waals surface area contributed by atoms with Crippen LogP contribution in [0.5, 0.6) is 0 Å². The highest BCUT2D eigenvalue weighted by atomic mass is 35.5. The molecule has 1 aromatic heterocycles. The summed E-state index contributed by atoms with van der Waals surface area (Å²) >= 11 is 5.65. The zero-order valence-corrected chi connectivity index (χ0v) is 8.04. The molecule has 0 saturated carbocycles. The van der Waals surface area contributed by atoms with Crippen LogP contribution in [0.1, 0.15) is 5.69 Å². The second-order valence-electron chi connectivity index (χ2n) is 2.42. The van der Waals surface area contributed by atoms with E-state index in [0.717, 1.165) is 6.54 Å². The summed E-state index contributed by atoms with van der Waals surface area (Å²) in [5, 5.41) is 3.31. The summed E-state index contributed by atoms with van der Waals surface area (Å²) in [4.78, 5) is 7.88. The van der Waals surface area contributed by atoms with E-state index in [-0.39, 0.29) is 0 Å². The topological polar surface area (TPSA) is 63.8 Å². The SMILES string of the molecule is CNCC=Cc1nc(Cl)cnc1N. The van der Waals surface area contributed by atoms with E-state index in [2.05, 4.69) is 15.3 Å². The highest BCUT2D eigenvalue weighted by molar-refractivity contribution is 6.29. The molecule has 0 fully saturated rings. The maximum absolute atomic E-state index is 5.65. The fraction of sp³-hybridized carbons (Fsp3) is 0.250. The first-order valence-corrected chi connectivity index (χ1v) is 4.21. The lowest BCUT2D eigenvalue weighted by molar-refractivity contribution is 0.922. The summed E-state index contributed by atoms with van der Waals surface area (Å²) in [7, 11) is 1.86. The van der Waals surface area contributed by atoms with Gasteiger partial charge < -0.3 is 11.1 Å². The number of nitrogens with one attached hydrogen (secondary N) is 1. The number of hydrogen-bond donors (Lipinski definition) is 2. The van der Waals surface area contributed by atoms with E-state index in [1.807, 2.05) is 13.1 Å². The Morgan fingerprint density at radius 1 is 1.69 bits per heavy atom. The highest BCUT2D eigenvalue weighted by Gasteiger charge is 1.98. The van der Waals surface area contributed by atoms with Crippen molar-refractivity contribution in [1.29, 1.82) is 0 Å². The van der Waals surface area contributed by atoms with Gasteiger partial charge in [-0.05, 0) is 13.1 Å². The van der Waals surface area contributed by atoms with Gasteiger partial charge in [0.25, 0.3) is 0 Å². The van der Waals surface area contributed by atoms with Gasteiger partial charge in [0.2, 0.25) is 0 Å². The first kappa shape index (κ1) is 9.95. The average molecular weight is 199 g/mol. The number of nitrogens with zero attached hydrogens (tertiary/aromatic N) is 2. The van der Waals surface area contributed by atoms with Crippen LogP contribution >= 0.6 is 11.6 Å². The summed E-state index contributed by atoms with van der Waals surface area (Å²) < 4.78 is 0. The monoisotopic (exact) mass is 198 g/mol. The van der Waals surface area contributed by atoms with Crippen molar-refractivity contribution in [3.8, 4) is 0 Å². The maximum atomic E-state index is 5.65. The Bertz CT molecular complexity index is 311. The molecule has 0 aliphatic carbocycles. The first-order chi connectivity index (χ1) is 6.24. The van der Waals surface area contributed by atoms with Crippen molar-refractivity contribution >= 4 is 23.5 Å². The Morgan fingerprint density at radius 3 is 3.15 bits per heavy atom. The number of rotatable bonds is 3. The lowest BCUT2D eigenvalue weighted by Gasteiger charge is -1.97. The van der Waals surface area contributed by atoms with Crippen molar-refractivity contribution in [3.63, 3.8) is 0 Å². The van der Waals surface area contributed by atoms with E-state index in [0.29, 0.717) is 16.7 Å². The Morgan fingerprint density at radius 2 is 2.46 bits per heavy atom. The highest BCUT2D eigenvalue weighted by Crippen LogP contribution is 2.10. The van der Waals surface area contributed by atoms with Gasteiger partial charge in [0.05, 0.1) is 6.20 Å². The van der Waals surface area contributed by atoms with Crippen molar-refractivity contribution in [2.75, 3.05) is 19.3 Å². The van der Waals surface area contributed by atoms with Crippen molar-refractivity contribution in [1.82, 2.24) is 15.3 Å². The molecule has 5 heteroatoms. The standard InChI is InChI=1S/C8H11ClN4/c1-11-4-2-3-6-8(10)12-5-7(9)13-6/h2-3,5,11H,4H2,1H3,(H2,10,12). The molecule has 0 saturated heterocycles. The zero-order valence-electron chi connectivity index (χ0n) is 7.29. The quantitative estimate of drug-likeness (QED) is 0.759. The van der Waals surface area contributed by atoms with E-state index < -0.39 is 0 Å². The average Bonchev–Trinajstić information content (AvgIpc) is 2.11.